The van der Waals surface area contributed by atoms with Gasteiger partial charge in [0, 0.05) is 50.6 Å². The number of rotatable bonds is 13. The van der Waals surface area contributed by atoms with Crippen molar-refractivity contribution in [1.29, 1.82) is 0 Å². The molecule has 0 amide bonds. The summed E-state index contributed by atoms with van der Waals surface area (Å²) < 4.78 is 8.67. The van der Waals surface area contributed by atoms with E-state index in [0.717, 1.165) is 85.5 Å². The Balaban J connectivity index is 1.26. The average molecular weight is 861 g/mol. The molecular weight excluding hydrogens is 809 g/mol. The second-order valence-electron chi connectivity index (χ2n) is 15.6. The van der Waals surface area contributed by atoms with E-state index in [4.69, 9.17) is 4.42 Å². The third kappa shape index (κ3) is 7.95. The van der Waals surface area contributed by atoms with E-state index in [0.29, 0.717) is 5.56 Å². The van der Waals surface area contributed by atoms with Crippen LogP contribution in [0.5, 0.6) is 28.7 Å². The number of phenols is 5. The van der Waals surface area contributed by atoms with Crippen LogP contribution in [0.4, 0.5) is 11.4 Å². The van der Waals surface area contributed by atoms with Crippen LogP contribution in [0, 0.1) is 0 Å². The Kier molecular flexibility index (Phi) is 12.5. The van der Waals surface area contributed by atoms with Crippen molar-refractivity contribution in [3.8, 4) is 51.0 Å². The summed E-state index contributed by atoms with van der Waals surface area (Å²) in [5, 5.41) is 55.6. The molecule has 0 radical (unpaired) electrons. The first-order valence-electron chi connectivity index (χ1n) is 21.9. The molecule has 65 heavy (non-hydrogen) atoms. The Hall–Kier alpha value is -8.10. The summed E-state index contributed by atoms with van der Waals surface area (Å²) in [6, 6.07) is 38.5. The van der Waals surface area contributed by atoms with Crippen LogP contribution in [0.3, 0.4) is 0 Å². The minimum atomic E-state index is -1.01. The monoisotopic (exact) mass is 860 g/mol. The van der Waals surface area contributed by atoms with Gasteiger partial charge < -0.3 is 39.4 Å². The zero-order valence-corrected chi connectivity index (χ0v) is 37.1. The van der Waals surface area contributed by atoms with Crippen LogP contribution in [0.15, 0.2) is 180 Å². The summed E-state index contributed by atoms with van der Waals surface area (Å²) in [4.78, 5) is 2.04. The Morgan fingerprint density at radius 3 is 1.74 bits per heavy atom. The van der Waals surface area contributed by atoms with Crippen molar-refractivity contribution in [2.75, 3.05) is 4.90 Å². The zero-order chi connectivity index (χ0) is 45.8. The lowest BCUT2D eigenvalue weighted by atomic mass is 9.97. The lowest BCUT2D eigenvalue weighted by molar-refractivity contribution is 0.330. The number of hydrogen-bond acceptors (Lipinski definition) is 7. The lowest BCUT2D eigenvalue weighted by Gasteiger charge is -2.22. The van der Waals surface area contributed by atoms with E-state index in [1.165, 1.54) is 10.8 Å². The quantitative estimate of drug-likeness (QED) is 0.0444. The van der Waals surface area contributed by atoms with E-state index in [-0.39, 0.29) is 5.56 Å². The number of aryl methyl sites for hydroxylation is 1. The van der Waals surface area contributed by atoms with E-state index in [2.05, 4.69) is 122 Å². The van der Waals surface area contributed by atoms with Crippen molar-refractivity contribution in [1.82, 2.24) is 4.57 Å². The molecule has 0 aliphatic carbocycles. The van der Waals surface area contributed by atoms with Gasteiger partial charge in [0.2, 0.25) is 17.2 Å². The van der Waals surface area contributed by atoms with Crippen molar-refractivity contribution in [2.45, 2.75) is 47.5 Å². The molecule has 0 fully saturated rings. The number of anilines is 2. The predicted molar refractivity (Wildman–Crippen MR) is 268 cm³/mol. The summed E-state index contributed by atoms with van der Waals surface area (Å²) in [5.74, 6) is -3.51. The van der Waals surface area contributed by atoms with Crippen LogP contribution in [0.1, 0.15) is 52.4 Å². The Bertz CT molecular complexity index is 3160. The molecule has 8 nitrogen and oxygen atoms in total. The number of aromatic hydroxyl groups is 5. The summed E-state index contributed by atoms with van der Waals surface area (Å²) in [6.07, 6.45) is 20.2. The number of benzene rings is 6. The van der Waals surface area contributed by atoms with Gasteiger partial charge in [-0.2, -0.15) is 0 Å². The van der Waals surface area contributed by atoms with Gasteiger partial charge in [0.25, 0.3) is 0 Å². The average Bonchev–Trinajstić information content (AvgIpc) is 3.87. The van der Waals surface area contributed by atoms with E-state index in [1.54, 1.807) is 12.1 Å². The van der Waals surface area contributed by atoms with Gasteiger partial charge in [-0.1, -0.05) is 123 Å². The van der Waals surface area contributed by atoms with Gasteiger partial charge in [-0.3, -0.25) is 0 Å². The van der Waals surface area contributed by atoms with Crippen LogP contribution >= 0.6 is 0 Å². The topological polar surface area (TPSA) is 122 Å². The number of phenolic OH excluding ortho intramolecular Hbond substituents is 5. The molecule has 326 valence electrons. The fourth-order valence-corrected chi connectivity index (χ4v) is 8.83. The van der Waals surface area contributed by atoms with Crippen molar-refractivity contribution in [3.05, 3.63) is 186 Å². The van der Waals surface area contributed by atoms with Gasteiger partial charge in [0.05, 0.1) is 16.6 Å². The highest BCUT2D eigenvalue weighted by Crippen LogP contribution is 2.55. The zero-order valence-electron chi connectivity index (χ0n) is 37.1. The van der Waals surface area contributed by atoms with Gasteiger partial charge in [0.15, 0.2) is 11.5 Å². The van der Waals surface area contributed by atoms with Crippen molar-refractivity contribution < 1.29 is 29.9 Å². The summed E-state index contributed by atoms with van der Waals surface area (Å²) in [7, 11) is 0. The van der Waals surface area contributed by atoms with Crippen LogP contribution in [-0.4, -0.2) is 30.1 Å². The number of hydrogen-bond donors (Lipinski definition) is 5. The number of fused-ring (bicyclic) bond motifs is 4. The maximum Gasteiger partial charge on any atom is 0.208 e. The van der Waals surface area contributed by atoms with Gasteiger partial charge in [-0.05, 0) is 110 Å². The highest BCUT2D eigenvalue weighted by molar-refractivity contribution is 6.10. The molecule has 0 aliphatic rings. The molecular formula is C57H52N2O6. The summed E-state index contributed by atoms with van der Waals surface area (Å²) in [6.45, 7) is 10.4. The highest BCUT2D eigenvalue weighted by Gasteiger charge is 2.25. The smallest absolute Gasteiger partial charge is 0.208 e. The molecule has 0 bridgehead atoms. The van der Waals surface area contributed by atoms with Gasteiger partial charge >= 0.3 is 0 Å². The fourth-order valence-electron chi connectivity index (χ4n) is 8.83. The third-order valence-electron chi connectivity index (χ3n) is 11.8. The number of para-hydroxylation sites is 2. The van der Waals surface area contributed by atoms with Gasteiger partial charge in [-0.15, -0.1) is 0 Å². The first kappa shape index (κ1) is 43.5. The van der Waals surface area contributed by atoms with Crippen molar-refractivity contribution in [2.24, 2.45) is 0 Å². The minimum Gasteiger partial charge on any atom is -0.504 e. The van der Waals surface area contributed by atoms with Crippen LogP contribution in [0.2, 0.25) is 0 Å². The lowest BCUT2D eigenvalue weighted by Crippen LogP contribution is -2.08. The largest absolute Gasteiger partial charge is 0.504 e. The van der Waals surface area contributed by atoms with E-state index in [1.807, 2.05) is 80.4 Å². The molecule has 0 saturated carbocycles. The van der Waals surface area contributed by atoms with Gasteiger partial charge in [-0.25, -0.2) is 0 Å². The maximum absolute atomic E-state index is 10.7. The van der Waals surface area contributed by atoms with Crippen molar-refractivity contribution in [3.63, 3.8) is 0 Å². The van der Waals surface area contributed by atoms with Gasteiger partial charge in [0.1, 0.15) is 11.3 Å². The van der Waals surface area contributed by atoms with E-state index >= 15 is 0 Å². The molecule has 2 heterocycles. The molecule has 0 atom stereocenters. The molecule has 0 unspecified atom stereocenters. The van der Waals surface area contributed by atoms with Crippen LogP contribution < -0.4 is 4.90 Å². The second-order valence-corrected chi connectivity index (χ2v) is 15.6. The molecule has 8 rings (SSSR count). The molecule has 6 aromatic carbocycles. The minimum absolute atomic E-state index is 0.217. The number of nitrogens with zero attached hydrogens (tertiary/aromatic N) is 2. The Morgan fingerprint density at radius 2 is 1.18 bits per heavy atom. The molecule has 8 aromatic rings. The Morgan fingerprint density at radius 1 is 0.615 bits per heavy atom. The number of allylic oxidation sites excluding steroid dienone is 10. The van der Waals surface area contributed by atoms with Crippen LogP contribution in [0.25, 0.3) is 66.8 Å². The van der Waals surface area contributed by atoms with E-state index in [9.17, 15) is 25.5 Å². The summed E-state index contributed by atoms with van der Waals surface area (Å²) >= 11 is 0. The third-order valence-corrected chi connectivity index (χ3v) is 11.8. The number of aromatic nitrogens is 1. The first-order valence-corrected chi connectivity index (χ1v) is 21.9. The molecule has 0 aliphatic heterocycles. The standard InChI is InChI=1S/C57H52N2O6/c1-6-17-36(42(18-7-2)46(10-5)59-47-24-13-11-21-44(47)45-22-12-14-25-48(45)59)20-16-35-58(40-33-29-38(30-34-40)51-53(60)55(62)57(64)56(63)54(51)61)39-31-27-37(28-32-39)43-23-15-26-50-52(43)41(9-4)49(65-50)19-8-3/h6-8,11-35,60-64H,9-10H2,1-5H3/b17-6-,18-7-,19-8-,35-16+,36-20-,46-42-. The van der Waals surface area contributed by atoms with Crippen LogP contribution in [-0.2, 0) is 6.42 Å². The number of furan rings is 1. The molecule has 2 aromatic heterocycles. The summed E-state index contributed by atoms with van der Waals surface area (Å²) in [5.41, 5.74) is 11.4. The molecule has 5 N–H and O–H groups in total. The normalized spacial score (nSPS) is 12.9. The molecule has 0 saturated heterocycles. The SMILES string of the molecule is C\C=C/C(=C/C=C/N(c1ccc(-c2c(O)c(O)c(O)c(O)c2O)cc1)c1ccc(-c2cccc3oc(/C=C\C)c(CC)c23)cc1)C(/C=C\C)=C(/CC)n1c2ccccc2c2ccccc21. The highest BCUT2D eigenvalue weighted by atomic mass is 16.4. The molecule has 0 spiro atoms. The molecule has 8 heteroatoms. The maximum atomic E-state index is 10.7. The first-order chi connectivity index (χ1) is 31.6. The van der Waals surface area contributed by atoms with E-state index < -0.39 is 28.7 Å². The predicted octanol–water partition coefficient (Wildman–Crippen LogP) is 15.0. The second kappa shape index (κ2) is 18.7. The Labute approximate surface area is 378 Å². The van der Waals surface area contributed by atoms with Crippen molar-refractivity contribution >= 4 is 55.9 Å². The fraction of sp³-hybridized carbons (Fsp3) is 0.123.